The molecule has 0 amide bonds. The molecule has 0 aliphatic carbocycles. The van der Waals surface area contributed by atoms with E-state index >= 15 is 0 Å². The van der Waals surface area contributed by atoms with Gasteiger partial charge in [-0.1, -0.05) is 36.4 Å². The molecule has 4 rings (SSSR count). The van der Waals surface area contributed by atoms with Crippen LogP contribution in [0, 0.1) is 0 Å². The molecule has 1 fully saturated rings. The van der Waals surface area contributed by atoms with Gasteiger partial charge in [-0.3, -0.25) is 9.78 Å². The molecule has 5 heteroatoms. The Bertz CT molecular complexity index is 856. The van der Waals surface area contributed by atoms with E-state index in [4.69, 9.17) is 4.74 Å². The normalized spacial score (nSPS) is 14.5. The number of thiophene rings is 1. The Morgan fingerprint density at radius 2 is 1.88 bits per heavy atom. The van der Waals surface area contributed by atoms with Crippen molar-refractivity contribution in [1.29, 1.82) is 0 Å². The average Bonchev–Trinajstić information content (AvgIpc) is 3.15. The molecular formula is C20H18N2O2S. The second kappa shape index (κ2) is 7.17. The van der Waals surface area contributed by atoms with Gasteiger partial charge < -0.3 is 9.64 Å². The number of hydrogen-bond acceptors (Lipinski definition) is 5. The van der Waals surface area contributed by atoms with Gasteiger partial charge in [-0.2, -0.15) is 0 Å². The van der Waals surface area contributed by atoms with Crippen LogP contribution in [0.2, 0.25) is 0 Å². The van der Waals surface area contributed by atoms with Crippen molar-refractivity contribution in [3.8, 4) is 11.1 Å². The second-order valence-electron chi connectivity index (χ2n) is 5.87. The number of anilines is 1. The lowest BCUT2D eigenvalue weighted by atomic mass is 10.1. The van der Waals surface area contributed by atoms with Gasteiger partial charge >= 0.3 is 0 Å². The fourth-order valence-corrected chi connectivity index (χ4v) is 4.15. The molecule has 0 N–H and O–H groups in total. The topological polar surface area (TPSA) is 42.4 Å². The SMILES string of the molecule is O=C(c1ccccc1)c1cc(-c2cccnc2)c(N2CCOCC2)s1. The molecular weight excluding hydrogens is 332 g/mol. The number of hydrogen-bond donors (Lipinski definition) is 0. The molecule has 0 saturated carbocycles. The zero-order valence-corrected chi connectivity index (χ0v) is 14.5. The van der Waals surface area contributed by atoms with Gasteiger partial charge in [0.25, 0.3) is 0 Å². The van der Waals surface area contributed by atoms with Crippen molar-refractivity contribution >= 4 is 22.1 Å². The number of pyridine rings is 1. The molecule has 1 aliphatic rings. The lowest BCUT2D eigenvalue weighted by Gasteiger charge is -2.28. The minimum Gasteiger partial charge on any atom is -0.378 e. The monoisotopic (exact) mass is 350 g/mol. The summed E-state index contributed by atoms with van der Waals surface area (Å²) in [5, 5.41) is 1.12. The minimum atomic E-state index is 0.0650. The number of ketones is 1. The van der Waals surface area contributed by atoms with Gasteiger partial charge in [0.05, 0.1) is 23.1 Å². The number of aromatic nitrogens is 1. The van der Waals surface area contributed by atoms with Crippen LogP contribution in [-0.4, -0.2) is 37.1 Å². The smallest absolute Gasteiger partial charge is 0.203 e. The zero-order chi connectivity index (χ0) is 17.1. The van der Waals surface area contributed by atoms with Crippen LogP contribution in [0.15, 0.2) is 60.9 Å². The Morgan fingerprint density at radius 1 is 1.08 bits per heavy atom. The van der Waals surface area contributed by atoms with Crippen molar-refractivity contribution < 1.29 is 9.53 Å². The summed E-state index contributed by atoms with van der Waals surface area (Å²) in [6, 6.07) is 15.4. The fourth-order valence-electron chi connectivity index (χ4n) is 2.96. The van der Waals surface area contributed by atoms with Crippen LogP contribution in [0.1, 0.15) is 15.2 Å². The lowest BCUT2D eigenvalue weighted by Crippen LogP contribution is -2.35. The zero-order valence-electron chi connectivity index (χ0n) is 13.7. The number of morpholine rings is 1. The summed E-state index contributed by atoms with van der Waals surface area (Å²) >= 11 is 1.56. The van der Waals surface area contributed by atoms with Crippen LogP contribution >= 0.6 is 11.3 Å². The van der Waals surface area contributed by atoms with Gasteiger partial charge in [0.2, 0.25) is 5.78 Å². The number of carbonyl (C=O) groups excluding carboxylic acids is 1. The third kappa shape index (κ3) is 3.34. The first-order valence-electron chi connectivity index (χ1n) is 8.29. The maximum atomic E-state index is 12.9. The molecule has 126 valence electrons. The van der Waals surface area contributed by atoms with E-state index in [1.165, 1.54) is 0 Å². The quantitative estimate of drug-likeness (QED) is 0.670. The Kier molecular flexibility index (Phi) is 4.59. The Morgan fingerprint density at radius 3 is 2.60 bits per heavy atom. The molecule has 0 radical (unpaired) electrons. The van der Waals surface area contributed by atoms with E-state index in [1.54, 1.807) is 17.5 Å². The summed E-state index contributed by atoms with van der Waals surface area (Å²) in [5.74, 6) is 0.0650. The van der Waals surface area contributed by atoms with Crippen molar-refractivity contribution in [2.45, 2.75) is 0 Å². The van der Waals surface area contributed by atoms with Crippen LogP contribution in [0.25, 0.3) is 11.1 Å². The predicted octanol–water partition coefficient (Wildman–Crippen LogP) is 3.88. The van der Waals surface area contributed by atoms with E-state index in [9.17, 15) is 4.79 Å². The van der Waals surface area contributed by atoms with Crippen molar-refractivity contribution in [2.75, 3.05) is 31.2 Å². The van der Waals surface area contributed by atoms with E-state index in [0.29, 0.717) is 13.2 Å². The molecule has 2 aromatic heterocycles. The third-order valence-electron chi connectivity index (χ3n) is 4.24. The van der Waals surface area contributed by atoms with E-state index in [1.807, 2.05) is 54.7 Å². The number of nitrogens with zero attached hydrogens (tertiary/aromatic N) is 2. The molecule has 1 saturated heterocycles. The van der Waals surface area contributed by atoms with Crippen LogP contribution in [0.5, 0.6) is 0 Å². The van der Waals surface area contributed by atoms with Crippen LogP contribution in [-0.2, 0) is 4.74 Å². The van der Waals surface area contributed by atoms with Crippen molar-refractivity contribution in [2.24, 2.45) is 0 Å². The highest BCUT2D eigenvalue weighted by atomic mass is 32.1. The highest BCUT2D eigenvalue weighted by Crippen LogP contribution is 2.39. The molecule has 1 aliphatic heterocycles. The van der Waals surface area contributed by atoms with Crippen molar-refractivity contribution in [1.82, 2.24) is 4.98 Å². The minimum absolute atomic E-state index is 0.0650. The molecule has 0 bridgehead atoms. The highest BCUT2D eigenvalue weighted by Gasteiger charge is 2.22. The largest absolute Gasteiger partial charge is 0.378 e. The van der Waals surface area contributed by atoms with Crippen molar-refractivity contribution in [3.05, 3.63) is 71.4 Å². The summed E-state index contributed by atoms with van der Waals surface area (Å²) < 4.78 is 5.47. The lowest BCUT2D eigenvalue weighted by molar-refractivity contribution is 0.104. The van der Waals surface area contributed by atoms with Crippen LogP contribution in [0.4, 0.5) is 5.00 Å². The first kappa shape index (κ1) is 16.0. The predicted molar refractivity (Wildman–Crippen MR) is 100 cm³/mol. The number of rotatable bonds is 4. The first-order valence-corrected chi connectivity index (χ1v) is 9.11. The molecule has 1 aromatic carbocycles. The molecule has 25 heavy (non-hydrogen) atoms. The standard InChI is InChI=1S/C20H18N2O2S/c23-19(15-5-2-1-3-6-15)18-13-17(16-7-4-8-21-14-16)20(25-18)22-9-11-24-12-10-22/h1-8,13-14H,9-12H2. The Hall–Kier alpha value is -2.50. The van der Waals surface area contributed by atoms with Gasteiger partial charge in [0, 0.05) is 42.2 Å². The summed E-state index contributed by atoms with van der Waals surface area (Å²) in [6.07, 6.45) is 3.61. The van der Waals surface area contributed by atoms with E-state index < -0.39 is 0 Å². The molecule has 0 unspecified atom stereocenters. The Balaban J connectivity index is 1.76. The Labute approximate surface area is 150 Å². The van der Waals surface area contributed by atoms with Gasteiger partial charge in [-0.05, 0) is 12.1 Å². The van der Waals surface area contributed by atoms with E-state index in [0.717, 1.165) is 39.7 Å². The molecule has 0 atom stereocenters. The van der Waals surface area contributed by atoms with Gasteiger partial charge in [0.15, 0.2) is 0 Å². The van der Waals surface area contributed by atoms with Gasteiger partial charge in [0.1, 0.15) is 0 Å². The second-order valence-corrected chi connectivity index (χ2v) is 6.90. The van der Waals surface area contributed by atoms with Crippen LogP contribution in [0.3, 0.4) is 0 Å². The number of carbonyl (C=O) groups is 1. The molecule has 0 spiro atoms. The van der Waals surface area contributed by atoms with E-state index in [-0.39, 0.29) is 5.78 Å². The van der Waals surface area contributed by atoms with Crippen LogP contribution < -0.4 is 4.90 Å². The maximum absolute atomic E-state index is 12.9. The molecule has 3 heterocycles. The highest BCUT2D eigenvalue weighted by molar-refractivity contribution is 7.18. The number of ether oxygens (including phenoxy) is 1. The van der Waals surface area contributed by atoms with Crippen molar-refractivity contribution in [3.63, 3.8) is 0 Å². The fraction of sp³-hybridized carbons (Fsp3) is 0.200. The van der Waals surface area contributed by atoms with E-state index in [2.05, 4.69) is 9.88 Å². The summed E-state index contributed by atoms with van der Waals surface area (Å²) in [7, 11) is 0. The summed E-state index contributed by atoms with van der Waals surface area (Å²) in [5.41, 5.74) is 2.82. The summed E-state index contributed by atoms with van der Waals surface area (Å²) in [4.78, 5) is 20.2. The number of benzene rings is 1. The molecule has 4 nitrogen and oxygen atoms in total. The van der Waals surface area contributed by atoms with Gasteiger partial charge in [-0.25, -0.2) is 0 Å². The van der Waals surface area contributed by atoms with Gasteiger partial charge in [-0.15, -0.1) is 11.3 Å². The average molecular weight is 350 g/mol. The molecule has 3 aromatic rings. The summed E-state index contributed by atoms with van der Waals surface area (Å²) in [6.45, 7) is 3.11. The first-order chi connectivity index (χ1) is 12.3. The maximum Gasteiger partial charge on any atom is 0.203 e. The third-order valence-corrected chi connectivity index (χ3v) is 5.44.